The van der Waals surface area contributed by atoms with Gasteiger partial charge in [0.25, 0.3) is 0 Å². The third kappa shape index (κ3) is 4.89. The summed E-state index contributed by atoms with van der Waals surface area (Å²) >= 11 is 0. The first-order chi connectivity index (χ1) is 17.5. The van der Waals surface area contributed by atoms with Crippen molar-refractivity contribution >= 4 is 17.6 Å². The molecule has 0 aliphatic carbocycles. The van der Waals surface area contributed by atoms with E-state index >= 15 is 0 Å². The third-order valence-electron chi connectivity index (χ3n) is 5.07. The zero-order valence-corrected chi connectivity index (χ0v) is 18.8. The summed E-state index contributed by atoms with van der Waals surface area (Å²) in [6, 6.07) is 15.3. The average molecular weight is 488 g/mol. The number of amides is 2. The first-order valence-electron chi connectivity index (χ1n) is 10.7. The molecule has 2 aromatic carbocycles. The molecule has 36 heavy (non-hydrogen) atoms. The smallest absolute Gasteiger partial charge is 0.326 e. The molecule has 2 amide bonds. The molecule has 180 valence electrons. The number of aromatic nitrogens is 4. The Morgan fingerprint density at radius 3 is 2.58 bits per heavy atom. The number of aryl methyl sites for hydroxylation is 1. The minimum Gasteiger partial charge on any atom is -0.454 e. The predicted molar refractivity (Wildman–Crippen MR) is 127 cm³/mol. The van der Waals surface area contributed by atoms with Crippen LogP contribution in [0.25, 0.3) is 22.5 Å². The number of hydrogen-bond acceptors (Lipinski definition) is 6. The molecule has 0 atom stereocenters. The molecule has 0 unspecified atom stereocenters. The molecule has 2 N–H and O–H groups in total. The number of carbonyl (C=O) groups excluding carboxylic acids is 1. The van der Waals surface area contributed by atoms with Crippen LogP contribution in [0.4, 0.5) is 25.1 Å². The van der Waals surface area contributed by atoms with Gasteiger partial charge in [0.05, 0.1) is 17.6 Å². The molecule has 0 radical (unpaired) electrons. The number of pyridine rings is 1. The number of urea groups is 1. The number of halogens is 2. The van der Waals surface area contributed by atoms with E-state index in [1.165, 1.54) is 30.5 Å². The van der Waals surface area contributed by atoms with E-state index in [1.54, 1.807) is 30.2 Å². The first-order valence-corrected chi connectivity index (χ1v) is 10.7. The Kier molecular flexibility index (Phi) is 6.10. The number of carbonyl (C=O) groups is 1. The molecule has 5 rings (SSSR count). The lowest BCUT2D eigenvalue weighted by Gasteiger charge is -2.11. The van der Waals surface area contributed by atoms with E-state index in [2.05, 4.69) is 25.9 Å². The molecule has 0 saturated heterocycles. The van der Waals surface area contributed by atoms with E-state index in [9.17, 15) is 13.6 Å². The second-order valence-corrected chi connectivity index (χ2v) is 7.64. The van der Waals surface area contributed by atoms with Crippen LogP contribution in [0.3, 0.4) is 0 Å². The molecule has 0 saturated carbocycles. The number of benzene rings is 2. The van der Waals surface area contributed by atoms with E-state index in [-0.39, 0.29) is 23.1 Å². The molecule has 0 aliphatic heterocycles. The van der Waals surface area contributed by atoms with Gasteiger partial charge in [0.1, 0.15) is 11.4 Å². The van der Waals surface area contributed by atoms with Crippen molar-refractivity contribution in [2.75, 3.05) is 10.6 Å². The van der Waals surface area contributed by atoms with Crippen LogP contribution >= 0.6 is 0 Å². The summed E-state index contributed by atoms with van der Waals surface area (Å²) in [7, 11) is 1.77. The first kappa shape index (κ1) is 22.7. The second kappa shape index (κ2) is 9.66. The van der Waals surface area contributed by atoms with Gasteiger partial charge in [-0.05, 0) is 18.2 Å². The number of rotatable bonds is 6. The van der Waals surface area contributed by atoms with Gasteiger partial charge in [0.15, 0.2) is 11.6 Å². The molecule has 3 aromatic heterocycles. The quantitative estimate of drug-likeness (QED) is 0.310. The highest BCUT2D eigenvalue weighted by Crippen LogP contribution is 2.31. The molecule has 9 nitrogen and oxygen atoms in total. The van der Waals surface area contributed by atoms with Gasteiger partial charge in [-0.3, -0.25) is 15.0 Å². The Bertz CT molecular complexity index is 1530. The molecular formula is C25H18F2N6O3. The molecule has 0 bridgehead atoms. The summed E-state index contributed by atoms with van der Waals surface area (Å²) in [5.74, 6) is -2.62. The Labute approximate surface area is 203 Å². The summed E-state index contributed by atoms with van der Waals surface area (Å²) in [6.45, 7) is 0. The van der Waals surface area contributed by atoms with Gasteiger partial charge in [0.2, 0.25) is 11.7 Å². The zero-order valence-electron chi connectivity index (χ0n) is 18.8. The molecule has 0 spiro atoms. The summed E-state index contributed by atoms with van der Waals surface area (Å²) in [6.07, 6.45) is 4.87. The normalized spacial score (nSPS) is 10.8. The lowest BCUT2D eigenvalue weighted by atomic mass is 10.2. The van der Waals surface area contributed by atoms with Crippen molar-refractivity contribution in [1.82, 2.24) is 19.9 Å². The minimum absolute atomic E-state index is 0.0364. The van der Waals surface area contributed by atoms with Gasteiger partial charge in [-0.2, -0.15) is 9.49 Å². The standard InChI is InChI=1S/C25H18F2N6O3/c1-33-14-16(13-29-33)19-11-17(9-10-28-19)35-21-8-7-18(23(26)24(21)27)30-25(34)31-22-12-20(32-36-22)15-5-3-2-4-6-15/h2-14H,1H3,(H2,30,31,34). The fraction of sp³-hybridized carbons (Fsp3) is 0.0400. The Balaban J connectivity index is 1.26. The van der Waals surface area contributed by atoms with Crippen molar-refractivity contribution in [3.63, 3.8) is 0 Å². The third-order valence-corrected chi connectivity index (χ3v) is 5.07. The highest BCUT2D eigenvalue weighted by molar-refractivity contribution is 5.99. The van der Waals surface area contributed by atoms with Gasteiger partial charge < -0.3 is 14.6 Å². The van der Waals surface area contributed by atoms with Gasteiger partial charge in [-0.1, -0.05) is 35.5 Å². The predicted octanol–water partition coefficient (Wildman–Crippen LogP) is 5.85. The summed E-state index contributed by atoms with van der Waals surface area (Å²) in [5, 5.41) is 12.6. The SMILES string of the molecule is Cn1cc(-c2cc(Oc3ccc(NC(=O)Nc4cc(-c5ccccc5)no4)c(F)c3F)ccn2)cn1. The van der Waals surface area contributed by atoms with Crippen LogP contribution in [0.1, 0.15) is 0 Å². The van der Waals surface area contributed by atoms with Crippen molar-refractivity contribution in [1.29, 1.82) is 0 Å². The lowest BCUT2D eigenvalue weighted by Crippen LogP contribution is -2.20. The maximum Gasteiger partial charge on any atom is 0.326 e. The van der Waals surface area contributed by atoms with E-state index in [1.807, 2.05) is 30.3 Å². The highest BCUT2D eigenvalue weighted by Gasteiger charge is 2.18. The van der Waals surface area contributed by atoms with Crippen LogP contribution in [0.2, 0.25) is 0 Å². The lowest BCUT2D eigenvalue weighted by molar-refractivity contribution is 0.261. The minimum atomic E-state index is -1.29. The fourth-order valence-electron chi connectivity index (χ4n) is 3.36. The number of anilines is 2. The van der Waals surface area contributed by atoms with Crippen LogP contribution < -0.4 is 15.4 Å². The van der Waals surface area contributed by atoms with Gasteiger partial charge in [-0.25, -0.2) is 9.18 Å². The van der Waals surface area contributed by atoms with Crippen LogP contribution in [-0.4, -0.2) is 26.0 Å². The Morgan fingerprint density at radius 2 is 1.81 bits per heavy atom. The van der Waals surface area contributed by atoms with Crippen molar-refractivity contribution in [3.05, 3.63) is 90.9 Å². The van der Waals surface area contributed by atoms with Crippen LogP contribution in [0.5, 0.6) is 11.5 Å². The Morgan fingerprint density at radius 1 is 0.972 bits per heavy atom. The number of nitrogens with zero attached hydrogens (tertiary/aromatic N) is 4. The maximum absolute atomic E-state index is 14.7. The molecule has 5 aromatic rings. The van der Waals surface area contributed by atoms with Gasteiger partial charge in [-0.15, -0.1) is 0 Å². The number of hydrogen-bond donors (Lipinski definition) is 2. The van der Waals surface area contributed by atoms with E-state index in [4.69, 9.17) is 9.26 Å². The van der Waals surface area contributed by atoms with Crippen molar-refractivity contribution in [2.45, 2.75) is 0 Å². The van der Waals surface area contributed by atoms with E-state index in [0.717, 1.165) is 11.1 Å². The van der Waals surface area contributed by atoms with Crippen LogP contribution in [0.15, 0.2) is 83.8 Å². The Hall–Kier alpha value is -5.06. The number of nitrogens with one attached hydrogen (secondary N) is 2. The summed E-state index contributed by atoms with van der Waals surface area (Å²) in [5.41, 5.74) is 2.21. The molecule has 0 fully saturated rings. The van der Waals surface area contributed by atoms with E-state index < -0.39 is 17.7 Å². The summed E-state index contributed by atoms with van der Waals surface area (Å²) in [4.78, 5) is 16.5. The van der Waals surface area contributed by atoms with Crippen LogP contribution in [0, 0.1) is 11.6 Å². The number of ether oxygens (including phenoxy) is 1. The molecular weight excluding hydrogens is 470 g/mol. The zero-order chi connectivity index (χ0) is 25.1. The van der Waals surface area contributed by atoms with Gasteiger partial charge >= 0.3 is 6.03 Å². The van der Waals surface area contributed by atoms with Crippen LogP contribution in [-0.2, 0) is 7.05 Å². The molecule has 0 aliphatic rings. The average Bonchev–Trinajstić information content (AvgIpc) is 3.54. The monoisotopic (exact) mass is 488 g/mol. The summed E-state index contributed by atoms with van der Waals surface area (Å²) < 4.78 is 41.6. The van der Waals surface area contributed by atoms with Crippen molar-refractivity contribution in [2.24, 2.45) is 7.05 Å². The largest absolute Gasteiger partial charge is 0.454 e. The highest BCUT2D eigenvalue weighted by atomic mass is 19.2. The maximum atomic E-state index is 14.7. The van der Waals surface area contributed by atoms with Crippen molar-refractivity contribution in [3.8, 4) is 34.0 Å². The topological polar surface area (TPSA) is 107 Å². The van der Waals surface area contributed by atoms with Gasteiger partial charge in [0, 0.05) is 42.7 Å². The molecule has 11 heteroatoms. The second-order valence-electron chi connectivity index (χ2n) is 7.64. The molecule has 3 heterocycles. The fourth-order valence-corrected chi connectivity index (χ4v) is 3.36. The van der Waals surface area contributed by atoms with E-state index in [0.29, 0.717) is 11.4 Å². The van der Waals surface area contributed by atoms with Crippen molar-refractivity contribution < 1.29 is 22.8 Å².